The van der Waals surface area contributed by atoms with Gasteiger partial charge in [-0.3, -0.25) is 19.3 Å². The molecule has 3 aromatic rings. The van der Waals surface area contributed by atoms with E-state index in [1.807, 2.05) is 60.8 Å². The quantitative estimate of drug-likeness (QED) is 0.581. The maximum absolute atomic E-state index is 12.6. The second kappa shape index (κ2) is 8.63. The molecule has 2 heterocycles. The summed E-state index contributed by atoms with van der Waals surface area (Å²) in [5.41, 5.74) is 2.85. The van der Waals surface area contributed by atoms with Crippen molar-refractivity contribution in [2.75, 3.05) is 6.54 Å². The first-order valence-corrected chi connectivity index (χ1v) is 10.8. The van der Waals surface area contributed by atoms with E-state index in [2.05, 4.69) is 5.32 Å². The summed E-state index contributed by atoms with van der Waals surface area (Å²) in [5, 5.41) is 5.08. The highest BCUT2D eigenvalue weighted by molar-refractivity contribution is 7.10. The highest BCUT2D eigenvalue weighted by Gasteiger charge is 2.35. The number of aryl methyl sites for hydroxylation is 1. The van der Waals surface area contributed by atoms with E-state index < -0.39 is 0 Å². The lowest BCUT2D eigenvalue weighted by Gasteiger charge is -2.19. The third-order valence-corrected chi connectivity index (χ3v) is 6.11. The first-order chi connectivity index (χ1) is 14.5. The van der Waals surface area contributed by atoms with Gasteiger partial charge < -0.3 is 5.32 Å². The van der Waals surface area contributed by atoms with Crippen LogP contribution in [0.2, 0.25) is 0 Å². The lowest BCUT2D eigenvalue weighted by Crippen LogP contribution is -2.33. The second-order valence-electron chi connectivity index (χ2n) is 7.34. The van der Waals surface area contributed by atoms with Crippen LogP contribution in [0.3, 0.4) is 0 Å². The van der Waals surface area contributed by atoms with Gasteiger partial charge in [0.25, 0.3) is 11.8 Å². The van der Waals surface area contributed by atoms with Crippen molar-refractivity contribution in [3.8, 4) is 0 Å². The molecule has 0 radical (unpaired) electrons. The number of imide groups is 1. The second-order valence-corrected chi connectivity index (χ2v) is 8.32. The average Bonchev–Trinajstić information content (AvgIpc) is 3.36. The number of thiophene rings is 1. The Kier molecular flexibility index (Phi) is 5.77. The normalized spacial score (nSPS) is 14.0. The van der Waals surface area contributed by atoms with Crippen LogP contribution in [-0.2, 0) is 4.79 Å². The van der Waals surface area contributed by atoms with E-state index in [0.717, 1.165) is 16.0 Å². The van der Waals surface area contributed by atoms with Crippen LogP contribution in [-0.4, -0.2) is 29.2 Å². The summed E-state index contributed by atoms with van der Waals surface area (Å²) in [5.74, 6) is -0.666. The molecular weight excluding hydrogens is 396 g/mol. The molecule has 3 amide bonds. The number of fused-ring (bicyclic) bond motifs is 1. The molecule has 1 unspecified atom stereocenters. The van der Waals surface area contributed by atoms with Crippen LogP contribution in [0.15, 0.2) is 66.0 Å². The molecule has 30 heavy (non-hydrogen) atoms. The standard InChI is InChI=1S/C24H22N2O3S/c1-16-11-12-18-19(15-16)24(29)26(23(18)28)13-5-10-21(27)25-22(20-9-6-14-30-20)17-7-3-2-4-8-17/h2-4,6-9,11-12,14-15,22H,5,10,13H2,1H3,(H,25,27). The molecule has 0 bridgehead atoms. The zero-order valence-corrected chi connectivity index (χ0v) is 17.4. The molecule has 6 heteroatoms. The van der Waals surface area contributed by atoms with Crippen LogP contribution in [0.5, 0.6) is 0 Å². The van der Waals surface area contributed by atoms with Gasteiger partial charge in [0.05, 0.1) is 17.2 Å². The largest absolute Gasteiger partial charge is 0.344 e. The van der Waals surface area contributed by atoms with Crippen molar-refractivity contribution in [3.63, 3.8) is 0 Å². The number of carbonyl (C=O) groups is 3. The van der Waals surface area contributed by atoms with Crippen molar-refractivity contribution in [2.45, 2.75) is 25.8 Å². The highest BCUT2D eigenvalue weighted by atomic mass is 32.1. The van der Waals surface area contributed by atoms with Gasteiger partial charge in [-0.1, -0.05) is 48.0 Å². The first kappa shape index (κ1) is 20.0. The number of hydrogen-bond acceptors (Lipinski definition) is 4. The minimum atomic E-state index is -0.281. The number of hydrogen-bond donors (Lipinski definition) is 1. The monoisotopic (exact) mass is 418 g/mol. The van der Waals surface area contributed by atoms with E-state index >= 15 is 0 Å². The minimum absolute atomic E-state index is 0.107. The molecule has 1 N–H and O–H groups in total. The fourth-order valence-electron chi connectivity index (χ4n) is 3.66. The van der Waals surface area contributed by atoms with Crippen LogP contribution in [0.25, 0.3) is 0 Å². The summed E-state index contributed by atoms with van der Waals surface area (Å²) in [6.45, 7) is 2.12. The van der Waals surface area contributed by atoms with Gasteiger partial charge >= 0.3 is 0 Å². The Labute approximate surface area is 179 Å². The van der Waals surface area contributed by atoms with Crippen LogP contribution < -0.4 is 5.32 Å². The molecule has 0 saturated heterocycles. The Morgan fingerprint density at radius 3 is 2.50 bits per heavy atom. The lowest BCUT2D eigenvalue weighted by atomic mass is 10.1. The van der Waals surface area contributed by atoms with Crippen LogP contribution in [0.4, 0.5) is 0 Å². The number of carbonyl (C=O) groups excluding carboxylic acids is 3. The molecule has 5 nitrogen and oxygen atoms in total. The van der Waals surface area contributed by atoms with E-state index in [4.69, 9.17) is 0 Å². The molecule has 1 aliphatic rings. The molecular formula is C24H22N2O3S. The van der Waals surface area contributed by atoms with Crippen LogP contribution in [0, 0.1) is 6.92 Å². The Balaban J connectivity index is 1.37. The maximum Gasteiger partial charge on any atom is 0.261 e. The summed E-state index contributed by atoms with van der Waals surface area (Å²) in [6.07, 6.45) is 0.656. The third kappa shape index (κ3) is 4.04. The van der Waals surface area contributed by atoms with Crippen molar-refractivity contribution in [1.82, 2.24) is 10.2 Å². The van der Waals surface area contributed by atoms with Crippen molar-refractivity contribution in [1.29, 1.82) is 0 Å². The van der Waals surface area contributed by atoms with Crippen molar-refractivity contribution < 1.29 is 14.4 Å². The molecule has 0 aliphatic carbocycles. The van der Waals surface area contributed by atoms with Gasteiger partial charge in [0.2, 0.25) is 5.91 Å². The van der Waals surface area contributed by atoms with Crippen molar-refractivity contribution in [2.24, 2.45) is 0 Å². The first-order valence-electron chi connectivity index (χ1n) is 9.89. The van der Waals surface area contributed by atoms with Crippen LogP contribution >= 0.6 is 11.3 Å². The zero-order valence-electron chi connectivity index (χ0n) is 16.6. The smallest absolute Gasteiger partial charge is 0.261 e. The highest BCUT2D eigenvalue weighted by Crippen LogP contribution is 2.27. The minimum Gasteiger partial charge on any atom is -0.344 e. The molecule has 2 aromatic carbocycles. The molecule has 1 atom stereocenters. The molecule has 152 valence electrons. The molecule has 0 spiro atoms. The van der Waals surface area contributed by atoms with E-state index in [-0.39, 0.29) is 36.7 Å². The molecule has 0 fully saturated rings. The predicted molar refractivity (Wildman–Crippen MR) is 117 cm³/mol. The van der Waals surface area contributed by atoms with E-state index in [0.29, 0.717) is 17.5 Å². The molecule has 1 aliphatic heterocycles. The SMILES string of the molecule is Cc1ccc2c(c1)C(=O)N(CCCC(=O)NC(c1ccccc1)c1cccs1)C2=O. The summed E-state index contributed by atoms with van der Waals surface area (Å²) in [7, 11) is 0. The van der Waals surface area contributed by atoms with Gasteiger partial charge in [0, 0.05) is 17.8 Å². The average molecular weight is 419 g/mol. The molecule has 0 saturated carbocycles. The molecule has 1 aromatic heterocycles. The fraction of sp³-hybridized carbons (Fsp3) is 0.208. The number of nitrogens with zero attached hydrogens (tertiary/aromatic N) is 1. The van der Waals surface area contributed by atoms with E-state index in [1.165, 1.54) is 4.90 Å². The van der Waals surface area contributed by atoms with Gasteiger partial charge in [0.1, 0.15) is 0 Å². The summed E-state index contributed by atoms with van der Waals surface area (Å²) >= 11 is 1.59. The fourth-order valence-corrected chi connectivity index (χ4v) is 4.46. The lowest BCUT2D eigenvalue weighted by molar-refractivity contribution is -0.121. The van der Waals surface area contributed by atoms with Crippen molar-refractivity contribution in [3.05, 3.63) is 93.2 Å². The van der Waals surface area contributed by atoms with Crippen molar-refractivity contribution >= 4 is 29.1 Å². The number of nitrogens with one attached hydrogen (secondary N) is 1. The van der Waals surface area contributed by atoms with Gasteiger partial charge in [0.15, 0.2) is 0 Å². The Hall–Kier alpha value is -3.25. The maximum atomic E-state index is 12.6. The number of amides is 3. The predicted octanol–water partition coefficient (Wildman–Crippen LogP) is 4.34. The van der Waals surface area contributed by atoms with Gasteiger partial charge in [-0.2, -0.15) is 0 Å². The van der Waals surface area contributed by atoms with Gasteiger partial charge in [-0.05, 0) is 42.5 Å². The van der Waals surface area contributed by atoms with E-state index in [1.54, 1.807) is 23.5 Å². The summed E-state index contributed by atoms with van der Waals surface area (Å²) in [6, 6.07) is 18.9. The number of benzene rings is 2. The third-order valence-electron chi connectivity index (χ3n) is 5.18. The van der Waals surface area contributed by atoms with Crippen LogP contribution in [0.1, 0.15) is 55.6 Å². The topological polar surface area (TPSA) is 66.5 Å². The molecule has 4 rings (SSSR count). The van der Waals surface area contributed by atoms with Gasteiger partial charge in [-0.15, -0.1) is 11.3 Å². The summed E-state index contributed by atoms with van der Waals surface area (Å²) < 4.78 is 0. The van der Waals surface area contributed by atoms with Gasteiger partial charge in [-0.25, -0.2) is 0 Å². The Bertz CT molecular complexity index is 1080. The Morgan fingerprint density at radius 1 is 1.00 bits per heavy atom. The van der Waals surface area contributed by atoms with E-state index in [9.17, 15) is 14.4 Å². The zero-order chi connectivity index (χ0) is 21.1. The Morgan fingerprint density at radius 2 is 1.77 bits per heavy atom. The summed E-state index contributed by atoms with van der Waals surface area (Å²) in [4.78, 5) is 40.0. The number of rotatable bonds is 7.